The van der Waals surface area contributed by atoms with Crippen molar-refractivity contribution < 1.29 is 4.42 Å². The van der Waals surface area contributed by atoms with Crippen LogP contribution in [0.25, 0.3) is 39.1 Å². The van der Waals surface area contributed by atoms with Gasteiger partial charge in [0.15, 0.2) is 5.82 Å². The number of fused-ring (bicyclic) bond motifs is 2. The minimum Gasteiger partial charge on any atom is -0.422 e. The molecule has 0 spiro atoms. The van der Waals surface area contributed by atoms with E-state index < -0.39 is 5.63 Å². The van der Waals surface area contributed by atoms with Gasteiger partial charge in [0.05, 0.1) is 11.0 Å². The zero-order valence-corrected chi connectivity index (χ0v) is 17.6. The number of imidazole rings is 1. The molecule has 0 aliphatic rings. The second kappa shape index (κ2) is 6.72. The Morgan fingerprint density at radius 2 is 1.61 bits per heavy atom. The third-order valence-electron chi connectivity index (χ3n) is 4.58. The molecule has 0 unspecified atom stereocenters. The Kier molecular flexibility index (Phi) is 4.18. The van der Waals surface area contributed by atoms with Crippen LogP contribution in [0.1, 0.15) is 0 Å². The smallest absolute Gasteiger partial charge is 0.347 e. The minimum absolute atomic E-state index is 0.413. The first-order chi connectivity index (χ1) is 13.6. The van der Waals surface area contributed by atoms with E-state index in [4.69, 9.17) is 9.40 Å². The summed E-state index contributed by atoms with van der Waals surface area (Å²) in [5.74, 6) is 0.555. The molecule has 2 heterocycles. The molecular formula is C22H12Br2N2O2. The molecule has 0 radical (unpaired) electrons. The summed E-state index contributed by atoms with van der Waals surface area (Å²) in [5, 5.41) is 0.832. The highest BCUT2D eigenvalue weighted by Gasteiger charge is 2.18. The van der Waals surface area contributed by atoms with E-state index in [1.165, 1.54) is 0 Å². The molecule has 0 aliphatic carbocycles. The van der Waals surface area contributed by atoms with Crippen molar-refractivity contribution in [3.63, 3.8) is 0 Å². The lowest BCUT2D eigenvalue weighted by Crippen LogP contribution is -2.07. The molecule has 5 aromatic rings. The Labute approximate surface area is 176 Å². The van der Waals surface area contributed by atoms with Gasteiger partial charge in [-0.15, -0.1) is 0 Å². The zero-order valence-electron chi connectivity index (χ0n) is 14.4. The lowest BCUT2D eigenvalue weighted by atomic mass is 10.1. The van der Waals surface area contributed by atoms with Crippen molar-refractivity contribution in [2.45, 2.75) is 0 Å². The maximum atomic E-state index is 12.8. The van der Waals surface area contributed by atoms with Gasteiger partial charge in [0.1, 0.15) is 11.1 Å². The van der Waals surface area contributed by atoms with E-state index in [9.17, 15) is 4.79 Å². The fraction of sp³-hybridized carbons (Fsp3) is 0. The standard InChI is InChI=1S/C22H12Br2N2O2/c23-14-5-8-16(9-6-14)26-19-4-2-1-3-18(19)25-21(26)17-12-13-11-15(24)7-10-20(13)28-22(17)27/h1-12H. The highest BCUT2D eigenvalue weighted by atomic mass is 79.9. The van der Waals surface area contributed by atoms with Crippen molar-refractivity contribution >= 4 is 53.9 Å². The molecule has 3 aromatic carbocycles. The van der Waals surface area contributed by atoms with Gasteiger partial charge >= 0.3 is 5.63 Å². The zero-order chi connectivity index (χ0) is 19.3. The largest absolute Gasteiger partial charge is 0.422 e. The number of hydrogen-bond donors (Lipinski definition) is 0. The number of rotatable bonds is 2. The number of hydrogen-bond acceptors (Lipinski definition) is 3. The van der Waals surface area contributed by atoms with Crippen LogP contribution in [0.5, 0.6) is 0 Å². The van der Waals surface area contributed by atoms with E-state index in [-0.39, 0.29) is 0 Å². The van der Waals surface area contributed by atoms with Crippen LogP contribution in [0.15, 0.2) is 91.0 Å². The van der Waals surface area contributed by atoms with Gasteiger partial charge in [0.25, 0.3) is 0 Å². The molecular weight excluding hydrogens is 484 g/mol. The second-order valence-electron chi connectivity index (χ2n) is 6.37. The van der Waals surface area contributed by atoms with E-state index in [1.807, 2.05) is 71.3 Å². The van der Waals surface area contributed by atoms with Gasteiger partial charge in [-0.25, -0.2) is 9.78 Å². The Bertz CT molecular complexity index is 1400. The number of halogens is 2. The summed E-state index contributed by atoms with van der Waals surface area (Å²) in [5.41, 5.74) is 3.21. The van der Waals surface area contributed by atoms with E-state index in [0.717, 1.165) is 31.1 Å². The van der Waals surface area contributed by atoms with Crippen LogP contribution in [0, 0.1) is 0 Å². The topological polar surface area (TPSA) is 48.0 Å². The first-order valence-corrected chi connectivity index (χ1v) is 10.2. The molecule has 0 N–H and O–H groups in total. The number of benzene rings is 3. The Morgan fingerprint density at radius 3 is 2.43 bits per heavy atom. The molecule has 5 rings (SSSR count). The third kappa shape index (κ3) is 2.89. The monoisotopic (exact) mass is 494 g/mol. The quantitative estimate of drug-likeness (QED) is 0.269. The number of para-hydroxylation sites is 2. The molecule has 136 valence electrons. The normalized spacial score (nSPS) is 11.4. The van der Waals surface area contributed by atoms with Gasteiger partial charge in [-0.2, -0.15) is 0 Å². The molecule has 0 aliphatic heterocycles. The predicted octanol–water partition coefficient (Wildman–Crippen LogP) is 6.32. The molecule has 2 aromatic heterocycles. The summed E-state index contributed by atoms with van der Waals surface area (Å²) in [7, 11) is 0. The fourth-order valence-electron chi connectivity index (χ4n) is 3.31. The van der Waals surface area contributed by atoms with Gasteiger partial charge in [0, 0.05) is 20.0 Å². The highest BCUT2D eigenvalue weighted by Crippen LogP contribution is 2.30. The summed E-state index contributed by atoms with van der Waals surface area (Å²) in [6.07, 6.45) is 0. The SMILES string of the molecule is O=c1oc2ccc(Br)cc2cc1-c1nc2ccccc2n1-c1ccc(Br)cc1. The van der Waals surface area contributed by atoms with E-state index >= 15 is 0 Å². The van der Waals surface area contributed by atoms with Crippen molar-refractivity contribution in [1.29, 1.82) is 0 Å². The second-order valence-corrected chi connectivity index (χ2v) is 8.20. The molecule has 28 heavy (non-hydrogen) atoms. The molecule has 0 saturated carbocycles. The maximum absolute atomic E-state index is 12.8. The van der Waals surface area contributed by atoms with Crippen LogP contribution < -0.4 is 5.63 Å². The fourth-order valence-corrected chi connectivity index (χ4v) is 3.95. The summed E-state index contributed by atoms with van der Waals surface area (Å²) >= 11 is 6.95. The lowest BCUT2D eigenvalue weighted by Gasteiger charge is -2.09. The minimum atomic E-state index is -0.413. The van der Waals surface area contributed by atoms with E-state index in [0.29, 0.717) is 17.0 Å². The predicted molar refractivity (Wildman–Crippen MR) is 118 cm³/mol. The van der Waals surface area contributed by atoms with Crippen molar-refractivity contribution in [3.8, 4) is 17.1 Å². The van der Waals surface area contributed by atoms with Crippen LogP contribution in [0.2, 0.25) is 0 Å². The molecule has 0 amide bonds. The molecule has 0 fully saturated rings. The summed E-state index contributed by atoms with van der Waals surface area (Å²) in [6.45, 7) is 0. The Hall–Kier alpha value is -2.70. The van der Waals surface area contributed by atoms with Crippen LogP contribution in [0.3, 0.4) is 0 Å². The van der Waals surface area contributed by atoms with Crippen LogP contribution in [-0.4, -0.2) is 9.55 Å². The van der Waals surface area contributed by atoms with Crippen molar-refractivity contribution in [1.82, 2.24) is 9.55 Å². The Morgan fingerprint density at radius 1 is 0.857 bits per heavy atom. The van der Waals surface area contributed by atoms with Gasteiger partial charge in [-0.05, 0) is 60.7 Å². The number of aromatic nitrogens is 2. The van der Waals surface area contributed by atoms with E-state index in [1.54, 1.807) is 6.07 Å². The van der Waals surface area contributed by atoms with Crippen molar-refractivity contribution in [2.24, 2.45) is 0 Å². The number of nitrogens with zero attached hydrogens (tertiary/aromatic N) is 2. The van der Waals surface area contributed by atoms with Gasteiger partial charge in [-0.3, -0.25) is 4.57 Å². The summed E-state index contributed by atoms with van der Waals surface area (Å²) < 4.78 is 9.46. The third-order valence-corrected chi connectivity index (χ3v) is 5.60. The molecule has 6 heteroatoms. The summed E-state index contributed by atoms with van der Waals surface area (Å²) in [6, 6.07) is 23.1. The van der Waals surface area contributed by atoms with Gasteiger partial charge in [-0.1, -0.05) is 44.0 Å². The van der Waals surface area contributed by atoms with Crippen LogP contribution >= 0.6 is 31.9 Å². The average Bonchev–Trinajstić information content (AvgIpc) is 3.08. The first-order valence-electron chi connectivity index (χ1n) is 8.57. The molecule has 0 atom stereocenters. The maximum Gasteiger partial charge on any atom is 0.347 e. The lowest BCUT2D eigenvalue weighted by molar-refractivity contribution is 0.562. The summed E-state index contributed by atoms with van der Waals surface area (Å²) in [4.78, 5) is 17.5. The molecule has 4 nitrogen and oxygen atoms in total. The molecule has 0 bridgehead atoms. The van der Waals surface area contributed by atoms with Crippen molar-refractivity contribution in [2.75, 3.05) is 0 Å². The first kappa shape index (κ1) is 17.4. The van der Waals surface area contributed by atoms with Crippen LogP contribution in [0.4, 0.5) is 0 Å². The van der Waals surface area contributed by atoms with Crippen LogP contribution in [-0.2, 0) is 0 Å². The molecule has 0 saturated heterocycles. The Balaban J connectivity index is 1.85. The average molecular weight is 496 g/mol. The highest BCUT2D eigenvalue weighted by molar-refractivity contribution is 9.10. The van der Waals surface area contributed by atoms with Gasteiger partial charge in [0.2, 0.25) is 0 Å². The van der Waals surface area contributed by atoms with Gasteiger partial charge < -0.3 is 4.42 Å². The van der Waals surface area contributed by atoms with E-state index in [2.05, 4.69) is 31.9 Å². The van der Waals surface area contributed by atoms with Crippen molar-refractivity contribution in [3.05, 3.63) is 92.2 Å².